The molecule has 0 aromatic heterocycles. The van der Waals surface area contributed by atoms with E-state index < -0.39 is 27.6 Å². The van der Waals surface area contributed by atoms with Gasteiger partial charge in [0.05, 0.1) is 4.90 Å². The number of piperazine rings is 1. The van der Waals surface area contributed by atoms with Gasteiger partial charge in [-0.3, -0.25) is 19.8 Å². The molecule has 2 aromatic carbocycles. The SMILES string of the molecule is CC(=O)OCC(C)(C)OC(=O)CC(=N)N[C@H]1CC[C@H](C(=O)N2CCN(S(=O)(=O)c3ccc4cc(Cl)ccc4c3)CC2)CC1. The summed E-state index contributed by atoms with van der Waals surface area (Å²) in [6.07, 6.45) is 2.40. The second-order valence-electron chi connectivity index (χ2n) is 11.7. The van der Waals surface area contributed by atoms with E-state index in [1.54, 1.807) is 55.1 Å². The lowest BCUT2D eigenvalue weighted by atomic mass is 9.85. The van der Waals surface area contributed by atoms with Crippen LogP contribution >= 0.6 is 11.6 Å². The Kier molecular flexibility index (Phi) is 10.3. The van der Waals surface area contributed by atoms with E-state index in [1.165, 1.54) is 11.2 Å². The normalized spacial score (nSPS) is 20.0. The first kappa shape index (κ1) is 32.7. The van der Waals surface area contributed by atoms with Gasteiger partial charge in [-0.15, -0.1) is 0 Å². The fourth-order valence-corrected chi connectivity index (χ4v) is 7.13. The summed E-state index contributed by atoms with van der Waals surface area (Å²) in [6.45, 7) is 5.59. The lowest BCUT2D eigenvalue weighted by molar-refractivity contribution is -0.166. The van der Waals surface area contributed by atoms with Crippen LogP contribution in [0.25, 0.3) is 10.8 Å². The van der Waals surface area contributed by atoms with Crippen molar-refractivity contribution in [3.05, 3.63) is 41.4 Å². The smallest absolute Gasteiger partial charge is 0.314 e. The van der Waals surface area contributed by atoms with E-state index >= 15 is 0 Å². The molecule has 0 atom stereocenters. The number of benzene rings is 2. The number of ether oxygens (including phenoxy) is 2. The molecule has 2 fully saturated rings. The molecule has 1 heterocycles. The van der Waals surface area contributed by atoms with E-state index in [1.807, 2.05) is 0 Å². The van der Waals surface area contributed by atoms with Crippen molar-refractivity contribution < 1.29 is 32.3 Å². The highest BCUT2D eigenvalue weighted by atomic mass is 35.5. The largest absolute Gasteiger partial charge is 0.462 e. The van der Waals surface area contributed by atoms with Crippen LogP contribution in [0.1, 0.15) is 52.9 Å². The third kappa shape index (κ3) is 8.67. The highest BCUT2D eigenvalue weighted by Crippen LogP contribution is 2.28. The number of hydrogen-bond donors (Lipinski definition) is 2. The number of carbonyl (C=O) groups excluding carboxylic acids is 3. The lowest BCUT2D eigenvalue weighted by Gasteiger charge is -2.37. The molecule has 0 bridgehead atoms. The topological polar surface area (TPSA) is 146 Å². The number of carbonyl (C=O) groups is 3. The van der Waals surface area contributed by atoms with Gasteiger partial charge in [0, 0.05) is 50.1 Å². The summed E-state index contributed by atoms with van der Waals surface area (Å²) >= 11 is 6.04. The number of nitrogens with one attached hydrogen (secondary N) is 2. The highest BCUT2D eigenvalue weighted by molar-refractivity contribution is 7.89. The second kappa shape index (κ2) is 13.6. The van der Waals surface area contributed by atoms with E-state index in [9.17, 15) is 22.8 Å². The number of nitrogens with zero attached hydrogens (tertiary/aromatic N) is 2. The monoisotopic (exact) mass is 634 g/mol. The average molecular weight is 635 g/mol. The number of amidine groups is 1. The van der Waals surface area contributed by atoms with Crippen LogP contribution in [-0.2, 0) is 33.9 Å². The third-order valence-electron chi connectivity index (χ3n) is 7.75. The molecule has 2 aromatic rings. The fourth-order valence-electron chi connectivity index (χ4n) is 5.49. The molecule has 2 aliphatic rings. The van der Waals surface area contributed by atoms with Crippen LogP contribution in [0.15, 0.2) is 41.3 Å². The Bertz CT molecular complexity index is 1480. The van der Waals surface area contributed by atoms with E-state index in [4.69, 9.17) is 26.5 Å². The van der Waals surface area contributed by atoms with E-state index in [2.05, 4.69) is 5.32 Å². The zero-order valence-corrected chi connectivity index (χ0v) is 26.3. The molecule has 234 valence electrons. The number of halogens is 1. The summed E-state index contributed by atoms with van der Waals surface area (Å²) in [5.41, 5.74) is -0.997. The molecule has 1 amide bonds. The third-order valence-corrected chi connectivity index (χ3v) is 9.88. The standard InChI is InChI=1S/C30H39ClN4O7S/c1-20(36)41-19-30(2,3)42-28(37)18-27(32)33-25-9-5-21(6-10-25)29(38)34-12-14-35(15-13-34)43(39,40)26-11-7-22-16-24(31)8-4-23(22)17-26/h4,7-8,11,16-17,21,25H,5-6,9-10,12-15,18-19H2,1-3H3,(H2,32,33)/t21-,25-. The second-order valence-corrected chi connectivity index (χ2v) is 14.1. The molecule has 0 spiro atoms. The number of sulfonamides is 1. The van der Waals surface area contributed by atoms with Gasteiger partial charge in [0.1, 0.15) is 24.5 Å². The van der Waals surface area contributed by atoms with Crippen LogP contribution in [-0.4, -0.2) is 85.7 Å². The molecular formula is C30H39ClN4O7S. The predicted octanol–water partition coefficient (Wildman–Crippen LogP) is 3.73. The van der Waals surface area contributed by atoms with E-state index in [-0.39, 0.29) is 54.7 Å². The molecule has 1 saturated heterocycles. The van der Waals surface area contributed by atoms with Crippen molar-refractivity contribution in [3.63, 3.8) is 0 Å². The van der Waals surface area contributed by atoms with Crippen molar-refractivity contribution in [2.24, 2.45) is 5.92 Å². The molecular weight excluding hydrogens is 596 g/mol. The number of amides is 1. The number of fused-ring (bicyclic) bond motifs is 1. The molecule has 13 heteroatoms. The van der Waals surface area contributed by atoms with Crippen molar-refractivity contribution in [2.75, 3.05) is 32.8 Å². The van der Waals surface area contributed by atoms with Crippen LogP contribution < -0.4 is 5.32 Å². The molecule has 4 rings (SSSR count). The lowest BCUT2D eigenvalue weighted by Crippen LogP contribution is -2.52. The fraction of sp³-hybridized carbons (Fsp3) is 0.533. The van der Waals surface area contributed by atoms with Crippen molar-refractivity contribution in [2.45, 2.75) is 69.4 Å². The van der Waals surface area contributed by atoms with E-state index in [0.717, 1.165) is 10.8 Å². The van der Waals surface area contributed by atoms with Crippen LogP contribution in [0.4, 0.5) is 0 Å². The van der Waals surface area contributed by atoms with Crippen molar-refractivity contribution in [3.8, 4) is 0 Å². The molecule has 2 N–H and O–H groups in total. The Hall–Kier alpha value is -3.22. The number of hydrogen-bond acceptors (Lipinski definition) is 8. The molecule has 1 saturated carbocycles. The van der Waals surface area contributed by atoms with Crippen LogP contribution in [0.5, 0.6) is 0 Å². The van der Waals surface area contributed by atoms with Gasteiger partial charge in [-0.25, -0.2) is 8.42 Å². The summed E-state index contributed by atoms with van der Waals surface area (Å²) in [6, 6.07) is 10.3. The summed E-state index contributed by atoms with van der Waals surface area (Å²) in [4.78, 5) is 38.5. The van der Waals surface area contributed by atoms with Gasteiger partial charge in [0.15, 0.2) is 0 Å². The Morgan fingerprint density at radius 3 is 2.28 bits per heavy atom. The van der Waals surface area contributed by atoms with Crippen LogP contribution in [0, 0.1) is 11.3 Å². The zero-order valence-electron chi connectivity index (χ0n) is 24.7. The quantitative estimate of drug-likeness (QED) is 0.241. The van der Waals surface area contributed by atoms with Gasteiger partial charge in [-0.05, 0) is 74.6 Å². The molecule has 1 aliphatic heterocycles. The van der Waals surface area contributed by atoms with Crippen molar-refractivity contribution >= 4 is 56.1 Å². The van der Waals surface area contributed by atoms with Crippen LogP contribution in [0.2, 0.25) is 5.02 Å². The zero-order chi connectivity index (χ0) is 31.4. The molecule has 1 aliphatic carbocycles. The first-order chi connectivity index (χ1) is 20.2. The maximum absolute atomic E-state index is 13.3. The highest BCUT2D eigenvalue weighted by Gasteiger charge is 2.34. The minimum absolute atomic E-state index is 0.0293. The average Bonchev–Trinajstić information content (AvgIpc) is 2.95. The maximum atomic E-state index is 13.3. The van der Waals surface area contributed by atoms with Crippen LogP contribution in [0.3, 0.4) is 0 Å². The summed E-state index contributed by atoms with van der Waals surface area (Å²) in [7, 11) is -3.70. The van der Waals surface area contributed by atoms with Gasteiger partial charge >= 0.3 is 11.9 Å². The predicted molar refractivity (Wildman–Crippen MR) is 162 cm³/mol. The Morgan fingerprint density at radius 1 is 1.00 bits per heavy atom. The van der Waals surface area contributed by atoms with E-state index in [0.29, 0.717) is 43.8 Å². The Balaban J connectivity index is 1.21. The van der Waals surface area contributed by atoms with Gasteiger partial charge in [-0.1, -0.05) is 23.7 Å². The first-order valence-corrected chi connectivity index (χ1v) is 16.2. The maximum Gasteiger partial charge on any atom is 0.314 e. The summed E-state index contributed by atoms with van der Waals surface area (Å²) in [5, 5.41) is 13.5. The van der Waals surface area contributed by atoms with Gasteiger partial charge in [-0.2, -0.15) is 4.31 Å². The van der Waals surface area contributed by atoms with Gasteiger partial charge in [0.25, 0.3) is 0 Å². The first-order valence-electron chi connectivity index (χ1n) is 14.4. The summed E-state index contributed by atoms with van der Waals surface area (Å²) < 4.78 is 38.3. The van der Waals surface area contributed by atoms with Crippen molar-refractivity contribution in [1.29, 1.82) is 5.41 Å². The number of rotatable bonds is 9. The van der Waals surface area contributed by atoms with Gasteiger partial charge in [0.2, 0.25) is 15.9 Å². The number of esters is 2. The minimum Gasteiger partial charge on any atom is -0.462 e. The van der Waals surface area contributed by atoms with Gasteiger partial charge < -0.3 is 19.7 Å². The molecule has 43 heavy (non-hydrogen) atoms. The molecule has 0 unspecified atom stereocenters. The Labute approximate surface area is 257 Å². The summed E-state index contributed by atoms with van der Waals surface area (Å²) in [5.74, 6) is -1.14. The minimum atomic E-state index is -3.70. The molecule has 0 radical (unpaired) electrons. The van der Waals surface area contributed by atoms with Crippen molar-refractivity contribution in [1.82, 2.24) is 14.5 Å². The Morgan fingerprint density at radius 2 is 1.63 bits per heavy atom. The molecule has 11 nitrogen and oxygen atoms in total.